The van der Waals surface area contributed by atoms with E-state index in [1.165, 1.54) is 0 Å². The first kappa shape index (κ1) is 24.2. The van der Waals surface area contributed by atoms with Crippen LogP contribution in [0.2, 0.25) is 5.02 Å². The number of hydrogen-bond acceptors (Lipinski definition) is 5. The number of amides is 1. The van der Waals surface area contributed by atoms with Gasteiger partial charge in [-0.05, 0) is 55.7 Å². The normalized spacial score (nSPS) is 14.8. The second kappa shape index (κ2) is 10.2. The molecule has 1 amide bonds. The van der Waals surface area contributed by atoms with Crippen LogP contribution in [0.4, 0.5) is 11.6 Å². The number of benzene rings is 3. The van der Waals surface area contributed by atoms with Crippen LogP contribution in [-0.2, 0) is 10.5 Å². The molecule has 0 bridgehead atoms. The SMILES string of the molecule is CC1=C(C(=O)Nc2ccc(C)cc2C)[C@H](c2ccccc2)n2nc(SCc3ccc(Cl)cc3)nc2N1. The van der Waals surface area contributed by atoms with Crippen LogP contribution in [0.5, 0.6) is 0 Å². The van der Waals surface area contributed by atoms with E-state index in [9.17, 15) is 4.79 Å². The summed E-state index contributed by atoms with van der Waals surface area (Å²) >= 11 is 7.55. The van der Waals surface area contributed by atoms with E-state index in [-0.39, 0.29) is 5.91 Å². The van der Waals surface area contributed by atoms with Crippen molar-refractivity contribution in [3.8, 4) is 0 Å². The molecule has 8 heteroatoms. The molecule has 182 valence electrons. The number of aryl methyl sites for hydroxylation is 2. The Morgan fingerprint density at radius 1 is 1.06 bits per heavy atom. The number of nitrogens with zero attached hydrogens (tertiary/aromatic N) is 3. The fourth-order valence-corrected chi connectivity index (χ4v) is 5.21. The van der Waals surface area contributed by atoms with Crippen molar-refractivity contribution in [1.82, 2.24) is 14.8 Å². The lowest BCUT2D eigenvalue weighted by molar-refractivity contribution is -0.113. The lowest BCUT2D eigenvalue weighted by atomic mass is 9.95. The molecule has 2 N–H and O–H groups in total. The summed E-state index contributed by atoms with van der Waals surface area (Å²) in [6.07, 6.45) is 0. The van der Waals surface area contributed by atoms with Crippen molar-refractivity contribution in [3.05, 3.63) is 111 Å². The molecule has 36 heavy (non-hydrogen) atoms. The second-order valence-corrected chi connectivity index (χ2v) is 10.2. The third kappa shape index (κ3) is 5.03. The lowest BCUT2D eigenvalue weighted by Crippen LogP contribution is -2.31. The fraction of sp³-hybridized carbons (Fsp3) is 0.179. The first-order valence-corrected chi connectivity index (χ1v) is 13.0. The van der Waals surface area contributed by atoms with Gasteiger partial charge in [0.2, 0.25) is 11.1 Å². The number of carbonyl (C=O) groups excluding carboxylic acids is 1. The van der Waals surface area contributed by atoms with Gasteiger partial charge in [0.1, 0.15) is 6.04 Å². The fourth-order valence-electron chi connectivity index (χ4n) is 4.30. The van der Waals surface area contributed by atoms with Crippen LogP contribution in [0, 0.1) is 13.8 Å². The van der Waals surface area contributed by atoms with Crippen molar-refractivity contribution < 1.29 is 4.79 Å². The summed E-state index contributed by atoms with van der Waals surface area (Å²) in [6, 6.07) is 23.3. The number of halogens is 1. The predicted molar refractivity (Wildman–Crippen MR) is 146 cm³/mol. The molecule has 0 unspecified atom stereocenters. The quantitative estimate of drug-likeness (QED) is 0.277. The van der Waals surface area contributed by atoms with Gasteiger partial charge in [-0.3, -0.25) is 4.79 Å². The van der Waals surface area contributed by atoms with Crippen LogP contribution in [0.25, 0.3) is 0 Å². The maximum absolute atomic E-state index is 13.7. The summed E-state index contributed by atoms with van der Waals surface area (Å²) in [5, 5.41) is 12.6. The summed E-state index contributed by atoms with van der Waals surface area (Å²) in [5.41, 5.74) is 6.41. The van der Waals surface area contributed by atoms with Crippen LogP contribution >= 0.6 is 23.4 Å². The van der Waals surface area contributed by atoms with Crippen LogP contribution in [-0.4, -0.2) is 20.7 Å². The molecule has 0 saturated carbocycles. The van der Waals surface area contributed by atoms with Gasteiger partial charge in [-0.2, -0.15) is 4.98 Å². The van der Waals surface area contributed by atoms with Crippen molar-refractivity contribution in [2.75, 3.05) is 10.6 Å². The topological polar surface area (TPSA) is 71.8 Å². The van der Waals surface area contributed by atoms with Gasteiger partial charge in [0.15, 0.2) is 0 Å². The van der Waals surface area contributed by atoms with Crippen LogP contribution in [0.3, 0.4) is 0 Å². The molecule has 0 aliphatic carbocycles. The van der Waals surface area contributed by atoms with E-state index >= 15 is 0 Å². The maximum Gasteiger partial charge on any atom is 0.255 e. The van der Waals surface area contributed by atoms with Gasteiger partial charge in [-0.1, -0.05) is 83.5 Å². The van der Waals surface area contributed by atoms with Gasteiger partial charge < -0.3 is 10.6 Å². The average molecular weight is 516 g/mol. The zero-order valence-electron chi connectivity index (χ0n) is 20.2. The minimum Gasteiger partial charge on any atom is -0.328 e. The molecule has 5 rings (SSSR count). The number of thioether (sulfide) groups is 1. The highest BCUT2D eigenvalue weighted by Gasteiger charge is 2.34. The molecule has 1 aromatic heterocycles. The van der Waals surface area contributed by atoms with E-state index in [0.29, 0.717) is 27.5 Å². The number of hydrogen-bond donors (Lipinski definition) is 2. The first-order chi connectivity index (χ1) is 17.4. The summed E-state index contributed by atoms with van der Waals surface area (Å²) in [7, 11) is 0. The number of fused-ring (bicyclic) bond motifs is 1. The average Bonchev–Trinajstić information content (AvgIpc) is 3.27. The highest BCUT2D eigenvalue weighted by Crippen LogP contribution is 2.37. The van der Waals surface area contributed by atoms with Gasteiger partial charge in [-0.15, -0.1) is 5.10 Å². The molecular weight excluding hydrogens is 490 g/mol. The van der Waals surface area contributed by atoms with Crippen molar-refractivity contribution in [2.24, 2.45) is 0 Å². The minimum atomic E-state index is -0.411. The standard InChI is InChI=1S/C28H26ClN5OS/c1-17-9-14-23(18(2)15-17)31-26(35)24-19(3)30-27-32-28(36-16-20-10-12-22(29)13-11-20)33-34(27)25(24)21-7-5-4-6-8-21/h4-15,25H,16H2,1-3H3,(H,31,35)(H,30,32,33)/t25-/m0/s1. The van der Waals surface area contributed by atoms with Crippen molar-refractivity contribution in [1.29, 1.82) is 0 Å². The molecule has 4 aromatic rings. The molecular formula is C28H26ClN5OS. The highest BCUT2D eigenvalue weighted by molar-refractivity contribution is 7.98. The van der Waals surface area contributed by atoms with E-state index in [0.717, 1.165) is 33.6 Å². The molecule has 1 atom stereocenters. The number of carbonyl (C=O) groups is 1. The largest absolute Gasteiger partial charge is 0.328 e. The third-order valence-electron chi connectivity index (χ3n) is 6.10. The van der Waals surface area contributed by atoms with E-state index in [2.05, 4.69) is 16.7 Å². The Morgan fingerprint density at radius 3 is 2.53 bits per heavy atom. The first-order valence-electron chi connectivity index (χ1n) is 11.6. The monoisotopic (exact) mass is 515 g/mol. The van der Waals surface area contributed by atoms with Gasteiger partial charge in [0.05, 0.1) is 5.57 Å². The van der Waals surface area contributed by atoms with E-state index in [1.54, 1.807) is 11.8 Å². The molecule has 0 fully saturated rings. The Morgan fingerprint density at radius 2 is 1.81 bits per heavy atom. The number of aromatic nitrogens is 3. The Kier molecular flexibility index (Phi) is 6.85. The molecule has 1 aliphatic rings. The van der Waals surface area contributed by atoms with Gasteiger partial charge in [0.25, 0.3) is 5.91 Å². The number of nitrogens with one attached hydrogen (secondary N) is 2. The molecule has 3 aromatic carbocycles. The Labute approximate surface area is 219 Å². The lowest BCUT2D eigenvalue weighted by Gasteiger charge is -2.28. The molecule has 6 nitrogen and oxygen atoms in total. The molecule has 0 saturated heterocycles. The van der Waals surface area contributed by atoms with Gasteiger partial charge in [-0.25, -0.2) is 4.68 Å². The molecule has 0 spiro atoms. The Hall–Kier alpha value is -3.55. The van der Waals surface area contributed by atoms with Crippen molar-refractivity contribution >= 4 is 40.9 Å². The molecule has 0 radical (unpaired) electrons. The van der Waals surface area contributed by atoms with Crippen molar-refractivity contribution in [3.63, 3.8) is 0 Å². The summed E-state index contributed by atoms with van der Waals surface area (Å²) in [4.78, 5) is 18.4. The highest BCUT2D eigenvalue weighted by atomic mass is 35.5. The summed E-state index contributed by atoms with van der Waals surface area (Å²) < 4.78 is 1.81. The van der Waals surface area contributed by atoms with Crippen LogP contribution in [0.15, 0.2) is 89.2 Å². The van der Waals surface area contributed by atoms with E-state index in [4.69, 9.17) is 21.7 Å². The third-order valence-corrected chi connectivity index (χ3v) is 7.27. The number of anilines is 2. The number of rotatable bonds is 6. The molecule has 1 aliphatic heterocycles. The van der Waals surface area contributed by atoms with Gasteiger partial charge >= 0.3 is 0 Å². The second-order valence-electron chi connectivity index (χ2n) is 8.83. The smallest absolute Gasteiger partial charge is 0.255 e. The minimum absolute atomic E-state index is 0.169. The zero-order valence-corrected chi connectivity index (χ0v) is 21.8. The Bertz CT molecular complexity index is 1450. The Balaban J connectivity index is 1.47. The van der Waals surface area contributed by atoms with Gasteiger partial charge in [0, 0.05) is 22.2 Å². The summed E-state index contributed by atoms with van der Waals surface area (Å²) in [5.74, 6) is 1.16. The molecule has 2 heterocycles. The number of allylic oxidation sites excluding steroid dienone is 1. The van der Waals surface area contributed by atoms with Crippen LogP contribution < -0.4 is 10.6 Å². The van der Waals surface area contributed by atoms with E-state index in [1.807, 2.05) is 92.2 Å². The van der Waals surface area contributed by atoms with E-state index < -0.39 is 6.04 Å². The maximum atomic E-state index is 13.7. The van der Waals surface area contributed by atoms with Crippen LogP contribution in [0.1, 0.15) is 35.2 Å². The predicted octanol–water partition coefficient (Wildman–Crippen LogP) is 6.77. The zero-order chi connectivity index (χ0) is 25.2. The summed E-state index contributed by atoms with van der Waals surface area (Å²) in [6.45, 7) is 5.94. The van der Waals surface area contributed by atoms with Crippen molar-refractivity contribution in [2.45, 2.75) is 37.7 Å².